The fourth-order valence-corrected chi connectivity index (χ4v) is 3.28. The number of aliphatic imine (C=N–C) groups is 1. The Morgan fingerprint density at radius 2 is 1.69 bits per heavy atom. The van der Waals surface area contributed by atoms with Gasteiger partial charge in [-0.3, -0.25) is 14.7 Å². The van der Waals surface area contributed by atoms with Crippen LogP contribution < -0.4 is 16.0 Å². The molecule has 1 atom stereocenters. The zero-order valence-corrected chi connectivity index (χ0v) is 19.5. The summed E-state index contributed by atoms with van der Waals surface area (Å²) < 4.78 is 0. The van der Waals surface area contributed by atoms with E-state index in [0.29, 0.717) is 24.9 Å². The van der Waals surface area contributed by atoms with Gasteiger partial charge in [0.05, 0.1) is 0 Å². The SMILES string of the molecule is CCCNC(=O)CCNC(=NC)NCC(C(C)C)N1CCCCCC1.I. The summed E-state index contributed by atoms with van der Waals surface area (Å²) in [6, 6.07) is 0.518. The van der Waals surface area contributed by atoms with Gasteiger partial charge in [-0.25, -0.2) is 0 Å². The monoisotopic (exact) mass is 481 g/mol. The fraction of sp³-hybridized carbons (Fsp3) is 0.895. The molecule has 1 rings (SSSR count). The van der Waals surface area contributed by atoms with Gasteiger partial charge in [-0.1, -0.05) is 33.6 Å². The third-order valence-corrected chi connectivity index (χ3v) is 4.80. The number of nitrogens with one attached hydrogen (secondary N) is 3. The smallest absolute Gasteiger partial charge is 0.221 e. The van der Waals surface area contributed by atoms with E-state index in [2.05, 4.69) is 46.6 Å². The minimum absolute atomic E-state index is 0. The van der Waals surface area contributed by atoms with Crippen molar-refractivity contribution in [1.29, 1.82) is 0 Å². The lowest BCUT2D eigenvalue weighted by molar-refractivity contribution is -0.120. The average Bonchev–Trinajstić information content (AvgIpc) is 2.87. The summed E-state index contributed by atoms with van der Waals surface area (Å²) in [6.07, 6.45) is 6.78. The van der Waals surface area contributed by atoms with Gasteiger partial charge in [0.2, 0.25) is 5.91 Å². The Balaban J connectivity index is 0.00000625. The average molecular weight is 481 g/mol. The molecule has 1 heterocycles. The van der Waals surface area contributed by atoms with Gasteiger partial charge in [-0.05, 0) is 38.3 Å². The van der Waals surface area contributed by atoms with E-state index in [1.54, 1.807) is 7.05 Å². The molecule has 6 nitrogen and oxygen atoms in total. The summed E-state index contributed by atoms with van der Waals surface area (Å²) in [5.41, 5.74) is 0. The van der Waals surface area contributed by atoms with E-state index in [4.69, 9.17) is 0 Å². The second-order valence-electron chi connectivity index (χ2n) is 7.24. The topological polar surface area (TPSA) is 68.8 Å². The maximum Gasteiger partial charge on any atom is 0.221 e. The molecular weight excluding hydrogens is 441 g/mol. The molecule has 7 heteroatoms. The Hall–Kier alpha value is -0.570. The van der Waals surface area contributed by atoms with E-state index in [1.165, 1.54) is 38.8 Å². The normalized spacial score (nSPS) is 17.2. The maximum absolute atomic E-state index is 11.6. The molecule has 1 aliphatic rings. The zero-order chi connectivity index (χ0) is 18.5. The molecule has 1 fully saturated rings. The van der Waals surface area contributed by atoms with Crippen LogP contribution in [0.2, 0.25) is 0 Å². The summed E-state index contributed by atoms with van der Waals surface area (Å²) >= 11 is 0. The first-order valence-corrected chi connectivity index (χ1v) is 10.0. The van der Waals surface area contributed by atoms with Gasteiger partial charge in [-0.2, -0.15) is 0 Å². The third-order valence-electron chi connectivity index (χ3n) is 4.80. The molecule has 0 bridgehead atoms. The maximum atomic E-state index is 11.6. The molecule has 3 N–H and O–H groups in total. The standard InChI is InChI=1S/C19H39N5O.HI/c1-5-11-21-18(25)10-12-22-19(20-4)23-15-17(16(2)3)24-13-8-6-7-9-14-24;/h16-17H,5-15H2,1-4H3,(H,21,25)(H2,20,22,23);1H. The van der Waals surface area contributed by atoms with Crippen molar-refractivity contribution in [2.24, 2.45) is 10.9 Å². The van der Waals surface area contributed by atoms with E-state index in [1.807, 2.05) is 0 Å². The molecule has 1 unspecified atom stereocenters. The van der Waals surface area contributed by atoms with Crippen molar-refractivity contribution in [1.82, 2.24) is 20.9 Å². The number of carbonyl (C=O) groups excluding carboxylic acids is 1. The molecular formula is C19H40IN5O. The second kappa shape index (κ2) is 15.5. The number of hydrogen-bond donors (Lipinski definition) is 3. The Labute approximate surface area is 177 Å². The van der Waals surface area contributed by atoms with Crippen molar-refractivity contribution in [2.45, 2.75) is 65.3 Å². The molecule has 0 saturated carbocycles. The number of halogens is 1. The van der Waals surface area contributed by atoms with Crippen LogP contribution in [0.4, 0.5) is 0 Å². The molecule has 0 aromatic carbocycles. The van der Waals surface area contributed by atoms with Crippen LogP contribution in [0.3, 0.4) is 0 Å². The van der Waals surface area contributed by atoms with Crippen molar-refractivity contribution in [3.63, 3.8) is 0 Å². The van der Waals surface area contributed by atoms with E-state index < -0.39 is 0 Å². The van der Waals surface area contributed by atoms with Gasteiger partial charge in [0.1, 0.15) is 0 Å². The van der Waals surface area contributed by atoms with Gasteiger partial charge in [0.15, 0.2) is 5.96 Å². The van der Waals surface area contributed by atoms with Crippen LogP contribution in [-0.2, 0) is 4.79 Å². The first kappa shape index (κ1) is 25.4. The third kappa shape index (κ3) is 10.5. The van der Waals surface area contributed by atoms with Gasteiger partial charge < -0.3 is 16.0 Å². The van der Waals surface area contributed by atoms with E-state index in [9.17, 15) is 4.79 Å². The molecule has 0 aromatic rings. The molecule has 0 radical (unpaired) electrons. The van der Waals surface area contributed by atoms with Gasteiger partial charge in [-0.15, -0.1) is 24.0 Å². The number of nitrogens with zero attached hydrogens (tertiary/aromatic N) is 2. The first-order chi connectivity index (χ1) is 12.1. The molecule has 154 valence electrons. The quantitative estimate of drug-likeness (QED) is 0.269. The number of hydrogen-bond acceptors (Lipinski definition) is 3. The van der Waals surface area contributed by atoms with E-state index in [0.717, 1.165) is 25.5 Å². The Bertz CT molecular complexity index is 395. The molecule has 0 aliphatic carbocycles. The Morgan fingerprint density at radius 1 is 1.04 bits per heavy atom. The lowest BCUT2D eigenvalue weighted by atomic mass is 10.0. The summed E-state index contributed by atoms with van der Waals surface area (Å²) in [5, 5.41) is 9.59. The highest BCUT2D eigenvalue weighted by molar-refractivity contribution is 14.0. The molecule has 1 amide bonds. The predicted octanol–water partition coefficient (Wildman–Crippen LogP) is 2.59. The lowest BCUT2D eigenvalue weighted by Gasteiger charge is -2.34. The number of guanidine groups is 1. The first-order valence-electron chi connectivity index (χ1n) is 10.0. The minimum atomic E-state index is 0. The van der Waals surface area contributed by atoms with Crippen LogP contribution in [0.25, 0.3) is 0 Å². The summed E-state index contributed by atoms with van der Waals surface area (Å²) in [6.45, 7) is 11.3. The summed E-state index contributed by atoms with van der Waals surface area (Å²) in [7, 11) is 1.78. The summed E-state index contributed by atoms with van der Waals surface area (Å²) in [5.74, 6) is 1.47. The largest absolute Gasteiger partial charge is 0.356 e. The molecule has 1 saturated heterocycles. The van der Waals surface area contributed by atoms with Crippen molar-refractivity contribution < 1.29 is 4.79 Å². The molecule has 0 spiro atoms. The van der Waals surface area contributed by atoms with Crippen LogP contribution in [0, 0.1) is 5.92 Å². The van der Waals surface area contributed by atoms with Crippen LogP contribution in [0.1, 0.15) is 59.3 Å². The number of likely N-dealkylation sites (tertiary alicyclic amines) is 1. The highest BCUT2D eigenvalue weighted by atomic mass is 127. The van der Waals surface area contributed by atoms with Crippen LogP contribution in [0.5, 0.6) is 0 Å². The van der Waals surface area contributed by atoms with Crippen LogP contribution in [-0.4, -0.2) is 62.6 Å². The molecule has 26 heavy (non-hydrogen) atoms. The van der Waals surface area contributed by atoms with Gasteiger partial charge in [0, 0.05) is 39.1 Å². The van der Waals surface area contributed by atoms with Crippen molar-refractivity contribution >= 4 is 35.8 Å². The predicted molar refractivity (Wildman–Crippen MR) is 121 cm³/mol. The van der Waals surface area contributed by atoms with E-state index >= 15 is 0 Å². The van der Waals surface area contributed by atoms with Gasteiger partial charge in [0.25, 0.3) is 0 Å². The number of carbonyl (C=O) groups is 1. The highest BCUT2D eigenvalue weighted by Gasteiger charge is 2.22. The lowest BCUT2D eigenvalue weighted by Crippen LogP contribution is -2.50. The van der Waals surface area contributed by atoms with E-state index in [-0.39, 0.29) is 29.9 Å². The van der Waals surface area contributed by atoms with Crippen molar-refractivity contribution in [3.8, 4) is 0 Å². The van der Waals surface area contributed by atoms with Crippen LogP contribution >= 0.6 is 24.0 Å². The molecule has 0 aromatic heterocycles. The minimum Gasteiger partial charge on any atom is -0.356 e. The van der Waals surface area contributed by atoms with Crippen molar-refractivity contribution in [3.05, 3.63) is 0 Å². The van der Waals surface area contributed by atoms with Crippen molar-refractivity contribution in [2.75, 3.05) is 39.8 Å². The summed E-state index contributed by atoms with van der Waals surface area (Å²) in [4.78, 5) is 18.6. The fourth-order valence-electron chi connectivity index (χ4n) is 3.28. The Kier molecular flexibility index (Phi) is 15.1. The number of rotatable bonds is 9. The highest BCUT2D eigenvalue weighted by Crippen LogP contribution is 2.16. The second-order valence-corrected chi connectivity index (χ2v) is 7.24. The number of amides is 1. The van der Waals surface area contributed by atoms with Crippen LogP contribution in [0.15, 0.2) is 4.99 Å². The Morgan fingerprint density at radius 3 is 2.23 bits per heavy atom. The van der Waals surface area contributed by atoms with Gasteiger partial charge >= 0.3 is 0 Å². The molecule has 1 aliphatic heterocycles. The zero-order valence-electron chi connectivity index (χ0n) is 17.1.